The van der Waals surface area contributed by atoms with Gasteiger partial charge in [0.15, 0.2) is 0 Å². The molecule has 0 fully saturated rings. The Balaban J connectivity index is 0. The molecule has 0 aliphatic heterocycles. The van der Waals surface area contributed by atoms with Crippen molar-refractivity contribution in [1.82, 2.24) is 0 Å². The van der Waals surface area contributed by atoms with Gasteiger partial charge in [-0.3, -0.25) is 0 Å². The maximum Gasteiger partial charge on any atom is 0.231 e. The first kappa shape index (κ1) is 10.1. The maximum absolute atomic E-state index is 9.50. The van der Waals surface area contributed by atoms with Crippen LogP contribution in [0.25, 0.3) is 0 Å². The van der Waals surface area contributed by atoms with Gasteiger partial charge in [-0.1, -0.05) is 13.8 Å². The molecule has 0 aromatic rings. The van der Waals surface area contributed by atoms with E-state index < -0.39 is 0 Å². The predicted molar refractivity (Wildman–Crippen MR) is 29.3 cm³/mol. The summed E-state index contributed by atoms with van der Waals surface area (Å²) in [4.78, 5) is 17.9. The highest BCUT2D eigenvalue weighted by atomic mass is 16.1. The van der Waals surface area contributed by atoms with Crippen molar-refractivity contribution in [1.29, 1.82) is 5.41 Å². The Morgan fingerprint density at radius 3 is 1.75 bits per heavy atom. The Morgan fingerprint density at radius 2 is 1.75 bits per heavy atom. The minimum Gasteiger partial charge on any atom is -0.303 e. The smallest absolute Gasteiger partial charge is 0.231 e. The van der Waals surface area contributed by atoms with Crippen LogP contribution in [0, 0.1) is 11.3 Å². The second kappa shape index (κ2) is 9.41. The molecule has 0 unspecified atom stereocenters. The van der Waals surface area contributed by atoms with Gasteiger partial charge in [0, 0.05) is 5.92 Å². The van der Waals surface area contributed by atoms with E-state index in [0.29, 0.717) is 0 Å². The number of hydrogen-bond acceptors (Lipinski definition) is 3. The standard InChI is InChI=1S/C4H8O.CHNO/c1-4(2)3-5;2-1-3/h3-4H,1-2H3;2H. The minimum absolute atomic E-state index is 0.204. The zero-order chi connectivity index (χ0) is 6.99. The number of isocyanates is 1. The monoisotopic (exact) mass is 115 g/mol. The fourth-order valence-electron chi connectivity index (χ4n) is 0. The van der Waals surface area contributed by atoms with Gasteiger partial charge in [-0.2, -0.15) is 0 Å². The molecule has 0 saturated heterocycles. The van der Waals surface area contributed by atoms with E-state index in [1.54, 1.807) is 0 Å². The predicted octanol–water partition coefficient (Wildman–Crippen LogP) is 0.742. The van der Waals surface area contributed by atoms with Crippen LogP contribution in [0.4, 0.5) is 0 Å². The zero-order valence-corrected chi connectivity index (χ0v) is 4.97. The second-order valence-electron chi connectivity index (χ2n) is 1.48. The highest BCUT2D eigenvalue weighted by molar-refractivity contribution is 5.51. The van der Waals surface area contributed by atoms with E-state index in [9.17, 15) is 4.79 Å². The van der Waals surface area contributed by atoms with Gasteiger partial charge in [-0.25, -0.2) is 10.2 Å². The average Bonchev–Trinajstić information content (AvgIpc) is 1.69. The molecule has 0 spiro atoms. The summed E-state index contributed by atoms with van der Waals surface area (Å²) < 4.78 is 0. The first-order chi connectivity index (χ1) is 3.68. The molecule has 0 radical (unpaired) electrons. The molecule has 0 amide bonds. The molecular formula is C5H9NO2. The number of rotatable bonds is 1. The van der Waals surface area contributed by atoms with Crippen molar-refractivity contribution in [3.63, 3.8) is 0 Å². The van der Waals surface area contributed by atoms with Crippen molar-refractivity contribution in [3.8, 4) is 0 Å². The van der Waals surface area contributed by atoms with Crippen LogP contribution < -0.4 is 0 Å². The molecule has 0 bridgehead atoms. The highest BCUT2D eigenvalue weighted by Gasteiger charge is 1.79. The van der Waals surface area contributed by atoms with E-state index in [1.165, 1.54) is 0 Å². The van der Waals surface area contributed by atoms with E-state index in [4.69, 9.17) is 10.2 Å². The Kier molecular flexibility index (Phi) is 11.9. The van der Waals surface area contributed by atoms with Crippen molar-refractivity contribution in [2.45, 2.75) is 13.8 Å². The molecule has 0 aromatic carbocycles. The molecule has 8 heavy (non-hydrogen) atoms. The fourth-order valence-corrected chi connectivity index (χ4v) is 0. The van der Waals surface area contributed by atoms with E-state index in [0.717, 1.165) is 12.4 Å². The first-order valence-electron chi connectivity index (χ1n) is 2.18. The molecule has 0 heterocycles. The summed E-state index contributed by atoms with van der Waals surface area (Å²) in [6.45, 7) is 3.71. The van der Waals surface area contributed by atoms with Crippen molar-refractivity contribution in [2.75, 3.05) is 0 Å². The van der Waals surface area contributed by atoms with E-state index in [2.05, 4.69) is 0 Å². The maximum atomic E-state index is 9.50. The van der Waals surface area contributed by atoms with E-state index in [-0.39, 0.29) is 5.92 Å². The summed E-state index contributed by atoms with van der Waals surface area (Å²) in [6.07, 6.45) is 1.67. The number of carbonyl (C=O) groups excluding carboxylic acids is 2. The zero-order valence-electron chi connectivity index (χ0n) is 4.97. The molecule has 0 aromatic heterocycles. The fraction of sp³-hybridized carbons (Fsp3) is 0.600. The van der Waals surface area contributed by atoms with Crippen LogP contribution >= 0.6 is 0 Å². The lowest BCUT2D eigenvalue weighted by molar-refractivity contribution is -0.110. The number of hydrogen-bond donors (Lipinski definition) is 1. The van der Waals surface area contributed by atoms with Gasteiger partial charge < -0.3 is 4.79 Å². The van der Waals surface area contributed by atoms with Crippen LogP contribution in [-0.4, -0.2) is 12.4 Å². The van der Waals surface area contributed by atoms with Crippen LogP contribution in [-0.2, 0) is 9.59 Å². The lowest BCUT2D eigenvalue weighted by Crippen LogP contribution is -1.82. The third-order valence-corrected chi connectivity index (χ3v) is 0.272. The van der Waals surface area contributed by atoms with Crippen LogP contribution in [0.15, 0.2) is 0 Å². The lowest BCUT2D eigenvalue weighted by atomic mass is 10.3. The van der Waals surface area contributed by atoms with Crippen LogP contribution in [0.3, 0.4) is 0 Å². The normalized spacial score (nSPS) is 6.38. The first-order valence-corrected chi connectivity index (χ1v) is 2.18. The summed E-state index contributed by atoms with van der Waals surface area (Å²) in [6, 6.07) is 0. The molecule has 0 rings (SSSR count). The van der Waals surface area contributed by atoms with E-state index >= 15 is 0 Å². The van der Waals surface area contributed by atoms with Crippen molar-refractivity contribution < 1.29 is 9.59 Å². The summed E-state index contributed by atoms with van der Waals surface area (Å²) >= 11 is 0. The van der Waals surface area contributed by atoms with Gasteiger partial charge in [-0.15, -0.1) is 0 Å². The van der Waals surface area contributed by atoms with Gasteiger partial charge in [0.2, 0.25) is 6.08 Å². The minimum atomic E-state index is 0.204. The summed E-state index contributed by atoms with van der Waals surface area (Å²) in [5, 5.41) is 5.40. The molecule has 0 aliphatic rings. The summed E-state index contributed by atoms with van der Waals surface area (Å²) in [5.74, 6) is 0.204. The Morgan fingerprint density at radius 1 is 1.62 bits per heavy atom. The van der Waals surface area contributed by atoms with Gasteiger partial charge >= 0.3 is 0 Å². The van der Waals surface area contributed by atoms with Gasteiger partial charge in [0.25, 0.3) is 0 Å². The molecule has 3 nitrogen and oxygen atoms in total. The number of aldehydes is 1. The van der Waals surface area contributed by atoms with Crippen molar-refractivity contribution in [3.05, 3.63) is 0 Å². The third kappa shape index (κ3) is 75.1. The molecule has 0 saturated carbocycles. The summed E-state index contributed by atoms with van der Waals surface area (Å²) in [5.41, 5.74) is 0. The molecule has 1 N–H and O–H groups in total. The quantitative estimate of drug-likeness (QED) is 0.311. The third-order valence-electron chi connectivity index (χ3n) is 0.272. The largest absolute Gasteiger partial charge is 0.303 e. The summed E-state index contributed by atoms with van der Waals surface area (Å²) in [7, 11) is 0. The average molecular weight is 115 g/mol. The number of nitrogens with one attached hydrogen (secondary N) is 1. The van der Waals surface area contributed by atoms with Crippen LogP contribution in [0.5, 0.6) is 0 Å². The van der Waals surface area contributed by atoms with E-state index in [1.807, 2.05) is 13.8 Å². The Hall–Kier alpha value is -0.950. The molecule has 0 aliphatic carbocycles. The highest BCUT2D eigenvalue weighted by Crippen LogP contribution is 1.78. The van der Waals surface area contributed by atoms with Gasteiger partial charge in [0.05, 0.1) is 0 Å². The SMILES string of the molecule is CC(C)C=O.N=C=O. The van der Waals surface area contributed by atoms with Crippen molar-refractivity contribution >= 4 is 12.4 Å². The topological polar surface area (TPSA) is 58.0 Å². The Bertz CT molecular complexity index is 82.4. The van der Waals surface area contributed by atoms with Crippen LogP contribution in [0.1, 0.15) is 13.8 Å². The molecule has 0 atom stereocenters. The molecular weight excluding hydrogens is 106 g/mol. The van der Waals surface area contributed by atoms with Gasteiger partial charge in [0.1, 0.15) is 6.29 Å². The molecule has 3 heteroatoms. The Labute approximate surface area is 48.2 Å². The molecule has 46 valence electrons. The second-order valence-corrected chi connectivity index (χ2v) is 1.48. The number of carbonyl (C=O) groups is 1. The van der Waals surface area contributed by atoms with Crippen LogP contribution in [0.2, 0.25) is 0 Å². The van der Waals surface area contributed by atoms with Gasteiger partial charge in [-0.05, 0) is 0 Å². The lowest BCUT2D eigenvalue weighted by Gasteiger charge is -1.78. The van der Waals surface area contributed by atoms with Crippen molar-refractivity contribution in [2.24, 2.45) is 5.92 Å².